The standard InChI is InChI=1S/C14H15NS/c1-2-6-13-11(5-1)12-8-10-4-3-7-15(10)9-14(12)16-13/h1-2,5-6,10H,3-4,7-9H2/t10-/m0/s1. The lowest BCUT2D eigenvalue weighted by molar-refractivity contribution is 0.231. The highest BCUT2D eigenvalue weighted by Crippen LogP contribution is 2.39. The number of thiophene rings is 1. The maximum atomic E-state index is 2.68. The monoisotopic (exact) mass is 229 g/mol. The Morgan fingerprint density at radius 2 is 2.19 bits per heavy atom. The summed E-state index contributed by atoms with van der Waals surface area (Å²) in [4.78, 5) is 4.30. The fourth-order valence-electron chi connectivity index (χ4n) is 3.26. The molecule has 3 heterocycles. The summed E-state index contributed by atoms with van der Waals surface area (Å²) in [5.74, 6) is 0. The molecule has 1 fully saturated rings. The van der Waals surface area contributed by atoms with E-state index >= 15 is 0 Å². The molecular formula is C14H15NS. The topological polar surface area (TPSA) is 3.24 Å². The third-order valence-corrected chi connectivity index (χ3v) is 5.27. The van der Waals surface area contributed by atoms with Crippen molar-refractivity contribution in [2.24, 2.45) is 0 Å². The Labute approximate surface area is 99.7 Å². The molecule has 4 rings (SSSR count). The predicted molar refractivity (Wildman–Crippen MR) is 69.0 cm³/mol. The van der Waals surface area contributed by atoms with E-state index in [-0.39, 0.29) is 0 Å². The summed E-state index contributed by atoms with van der Waals surface area (Å²) >= 11 is 2.01. The van der Waals surface area contributed by atoms with Gasteiger partial charge in [-0.05, 0) is 42.8 Å². The van der Waals surface area contributed by atoms with Crippen LogP contribution in [0.2, 0.25) is 0 Å². The molecule has 16 heavy (non-hydrogen) atoms. The maximum absolute atomic E-state index is 2.68. The lowest BCUT2D eigenvalue weighted by Gasteiger charge is -2.29. The van der Waals surface area contributed by atoms with Crippen LogP contribution in [0, 0.1) is 0 Å². The van der Waals surface area contributed by atoms with Crippen LogP contribution in [0.25, 0.3) is 10.1 Å². The van der Waals surface area contributed by atoms with Crippen molar-refractivity contribution in [2.75, 3.05) is 6.54 Å². The molecule has 2 aliphatic rings. The van der Waals surface area contributed by atoms with Crippen molar-refractivity contribution in [3.63, 3.8) is 0 Å². The SMILES string of the molecule is c1ccc2c3c(sc2c1)CN1CCC[C@H]1C3. The van der Waals surface area contributed by atoms with Crippen molar-refractivity contribution in [1.29, 1.82) is 0 Å². The Bertz CT molecular complexity index is 543. The van der Waals surface area contributed by atoms with Gasteiger partial charge >= 0.3 is 0 Å². The van der Waals surface area contributed by atoms with Gasteiger partial charge in [0.2, 0.25) is 0 Å². The molecule has 0 N–H and O–H groups in total. The van der Waals surface area contributed by atoms with Gasteiger partial charge in [0.05, 0.1) is 0 Å². The number of fused-ring (bicyclic) bond motifs is 4. The molecule has 0 spiro atoms. The molecule has 2 aliphatic heterocycles. The van der Waals surface area contributed by atoms with E-state index in [9.17, 15) is 0 Å². The van der Waals surface area contributed by atoms with Gasteiger partial charge < -0.3 is 0 Å². The Morgan fingerprint density at radius 3 is 3.19 bits per heavy atom. The van der Waals surface area contributed by atoms with Crippen molar-refractivity contribution < 1.29 is 0 Å². The number of rotatable bonds is 0. The van der Waals surface area contributed by atoms with Gasteiger partial charge in [-0.1, -0.05) is 18.2 Å². The highest BCUT2D eigenvalue weighted by molar-refractivity contribution is 7.19. The van der Waals surface area contributed by atoms with Gasteiger partial charge in [-0.3, -0.25) is 4.90 Å². The van der Waals surface area contributed by atoms with Crippen LogP contribution in [0.3, 0.4) is 0 Å². The lowest BCUT2D eigenvalue weighted by atomic mass is 9.97. The predicted octanol–water partition coefficient (Wildman–Crippen LogP) is 3.42. The van der Waals surface area contributed by atoms with E-state index < -0.39 is 0 Å². The van der Waals surface area contributed by atoms with Crippen LogP contribution in [0.15, 0.2) is 24.3 Å². The summed E-state index contributed by atoms with van der Waals surface area (Å²) in [6, 6.07) is 9.74. The molecule has 1 nitrogen and oxygen atoms in total. The second-order valence-corrected chi connectivity index (χ2v) is 6.11. The third kappa shape index (κ3) is 1.20. The highest BCUT2D eigenvalue weighted by atomic mass is 32.1. The summed E-state index contributed by atoms with van der Waals surface area (Å²) in [7, 11) is 0. The van der Waals surface area contributed by atoms with Crippen LogP contribution < -0.4 is 0 Å². The first-order valence-corrected chi connectivity index (χ1v) is 6.97. The van der Waals surface area contributed by atoms with Crippen molar-refractivity contribution in [1.82, 2.24) is 4.90 Å². The van der Waals surface area contributed by atoms with E-state index in [0.29, 0.717) is 0 Å². The maximum Gasteiger partial charge on any atom is 0.0349 e. The van der Waals surface area contributed by atoms with E-state index in [1.54, 1.807) is 10.4 Å². The van der Waals surface area contributed by atoms with E-state index in [1.807, 2.05) is 11.3 Å². The lowest BCUT2D eigenvalue weighted by Crippen LogP contribution is -2.34. The molecule has 2 heteroatoms. The van der Waals surface area contributed by atoms with Gasteiger partial charge in [0.1, 0.15) is 0 Å². The Morgan fingerprint density at radius 1 is 1.25 bits per heavy atom. The van der Waals surface area contributed by atoms with Gasteiger partial charge in [0, 0.05) is 22.2 Å². The van der Waals surface area contributed by atoms with Crippen LogP contribution in [-0.4, -0.2) is 17.5 Å². The van der Waals surface area contributed by atoms with Crippen LogP contribution in [0.4, 0.5) is 0 Å². The second kappa shape index (κ2) is 3.31. The minimum absolute atomic E-state index is 0.838. The first-order chi connectivity index (χ1) is 7.92. The van der Waals surface area contributed by atoms with Gasteiger partial charge in [-0.15, -0.1) is 11.3 Å². The minimum Gasteiger partial charge on any atom is -0.295 e. The van der Waals surface area contributed by atoms with Gasteiger partial charge in [0.15, 0.2) is 0 Å². The van der Waals surface area contributed by atoms with Gasteiger partial charge in [-0.2, -0.15) is 0 Å². The van der Waals surface area contributed by atoms with Crippen LogP contribution in [0.1, 0.15) is 23.3 Å². The molecule has 0 aliphatic carbocycles. The molecule has 0 amide bonds. The van der Waals surface area contributed by atoms with Gasteiger partial charge in [-0.25, -0.2) is 0 Å². The molecule has 0 saturated carbocycles. The molecule has 1 saturated heterocycles. The van der Waals surface area contributed by atoms with Crippen LogP contribution >= 0.6 is 11.3 Å². The molecule has 2 aromatic rings. The van der Waals surface area contributed by atoms with E-state index in [0.717, 1.165) is 6.04 Å². The average Bonchev–Trinajstić information content (AvgIpc) is 2.88. The number of hydrogen-bond acceptors (Lipinski definition) is 2. The molecule has 0 bridgehead atoms. The number of benzene rings is 1. The molecule has 1 atom stereocenters. The summed E-state index contributed by atoms with van der Waals surface area (Å²) < 4.78 is 1.48. The summed E-state index contributed by atoms with van der Waals surface area (Å²) in [6.45, 7) is 2.53. The van der Waals surface area contributed by atoms with E-state index in [1.165, 1.54) is 42.4 Å². The second-order valence-electron chi connectivity index (χ2n) is 4.97. The van der Waals surface area contributed by atoms with Crippen molar-refractivity contribution >= 4 is 21.4 Å². The Kier molecular flexibility index (Phi) is 1.91. The minimum atomic E-state index is 0.838. The Hall–Kier alpha value is -0.860. The molecule has 1 aromatic heterocycles. The Balaban J connectivity index is 1.89. The van der Waals surface area contributed by atoms with Crippen LogP contribution in [0.5, 0.6) is 0 Å². The third-order valence-electron chi connectivity index (χ3n) is 4.07. The quantitative estimate of drug-likeness (QED) is 0.669. The number of nitrogens with zero attached hydrogens (tertiary/aromatic N) is 1. The largest absolute Gasteiger partial charge is 0.295 e. The summed E-state index contributed by atoms with van der Waals surface area (Å²) in [5.41, 5.74) is 1.66. The average molecular weight is 229 g/mol. The molecule has 1 aromatic carbocycles. The highest BCUT2D eigenvalue weighted by Gasteiger charge is 2.31. The van der Waals surface area contributed by atoms with E-state index in [4.69, 9.17) is 0 Å². The molecule has 0 unspecified atom stereocenters. The van der Waals surface area contributed by atoms with Crippen molar-refractivity contribution in [3.05, 3.63) is 34.7 Å². The zero-order valence-electron chi connectivity index (χ0n) is 9.28. The molecule has 82 valence electrons. The summed E-state index contributed by atoms with van der Waals surface area (Å²) in [5, 5.41) is 1.52. The van der Waals surface area contributed by atoms with Crippen molar-refractivity contribution in [2.45, 2.75) is 31.8 Å². The summed E-state index contributed by atoms with van der Waals surface area (Å²) in [6.07, 6.45) is 4.10. The fraction of sp³-hybridized carbons (Fsp3) is 0.429. The number of hydrogen-bond donors (Lipinski definition) is 0. The smallest absolute Gasteiger partial charge is 0.0349 e. The van der Waals surface area contributed by atoms with Crippen molar-refractivity contribution in [3.8, 4) is 0 Å². The first kappa shape index (κ1) is 9.20. The first-order valence-electron chi connectivity index (χ1n) is 6.15. The normalized spacial score (nSPS) is 24.6. The zero-order valence-corrected chi connectivity index (χ0v) is 10.1. The van der Waals surface area contributed by atoms with E-state index in [2.05, 4.69) is 29.2 Å². The molecule has 0 radical (unpaired) electrons. The van der Waals surface area contributed by atoms with Crippen LogP contribution in [-0.2, 0) is 13.0 Å². The fourth-order valence-corrected chi connectivity index (χ4v) is 4.52. The van der Waals surface area contributed by atoms with Gasteiger partial charge in [0.25, 0.3) is 0 Å². The zero-order chi connectivity index (χ0) is 10.5. The molecular weight excluding hydrogens is 214 g/mol.